The predicted molar refractivity (Wildman–Crippen MR) is 95.0 cm³/mol. The van der Waals surface area contributed by atoms with Crippen molar-refractivity contribution in [1.29, 1.82) is 0 Å². The van der Waals surface area contributed by atoms with Gasteiger partial charge >= 0.3 is 0 Å². The molecule has 0 spiro atoms. The average molecular weight is 334 g/mol. The molecule has 2 fully saturated rings. The van der Waals surface area contributed by atoms with E-state index in [9.17, 15) is 4.79 Å². The lowest BCUT2D eigenvalue weighted by Gasteiger charge is -2.35. The highest BCUT2D eigenvalue weighted by atomic mass is 32.2. The maximum atomic E-state index is 12.4. The number of fused-ring (bicyclic) bond motifs is 1. The summed E-state index contributed by atoms with van der Waals surface area (Å²) in [6, 6.07) is 3.11. The summed E-state index contributed by atoms with van der Waals surface area (Å²) in [5.41, 5.74) is 2.42. The number of aryl methyl sites for hydroxylation is 1. The fourth-order valence-electron chi connectivity index (χ4n) is 4.53. The molecule has 4 rings (SSSR count). The Bertz CT molecular complexity index is 609. The summed E-state index contributed by atoms with van der Waals surface area (Å²) in [5, 5.41) is 4.72. The van der Waals surface area contributed by atoms with Gasteiger partial charge in [-0.2, -0.15) is 16.9 Å². The molecule has 0 N–H and O–H groups in total. The van der Waals surface area contributed by atoms with Crippen LogP contribution in [-0.4, -0.2) is 39.1 Å². The Hall–Kier alpha value is -0.810. The zero-order chi connectivity index (χ0) is 15.6. The Balaban J connectivity index is 1.51. The predicted octanol–water partition coefficient (Wildman–Crippen LogP) is 2.83. The summed E-state index contributed by atoms with van der Waals surface area (Å²) in [7, 11) is 0. The third-order valence-electron chi connectivity index (χ3n) is 5.76. The average Bonchev–Trinajstić information content (AvgIpc) is 3.04. The molecule has 1 aromatic rings. The van der Waals surface area contributed by atoms with Gasteiger partial charge in [0.15, 0.2) is 0 Å². The van der Waals surface area contributed by atoms with Crippen molar-refractivity contribution in [3.05, 3.63) is 27.7 Å². The summed E-state index contributed by atoms with van der Waals surface area (Å²) >= 11 is 1.91. The van der Waals surface area contributed by atoms with E-state index in [2.05, 4.69) is 4.90 Å². The molecule has 23 heavy (non-hydrogen) atoms. The minimum Gasteiger partial charge on any atom is -0.296 e. The van der Waals surface area contributed by atoms with Gasteiger partial charge in [0.25, 0.3) is 5.56 Å². The molecule has 2 aliphatic heterocycles. The van der Waals surface area contributed by atoms with E-state index >= 15 is 0 Å². The first kappa shape index (κ1) is 15.7. The van der Waals surface area contributed by atoms with Crippen molar-refractivity contribution in [3.63, 3.8) is 0 Å². The normalized spacial score (nSPS) is 26.3. The van der Waals surface area contributed by atoms with Crippen molar-refractivity contribution in [1.82, 2.24) is 14.7 Å². The molecule has 0 bridgehead atoms. The topological polar surface area (TPSA) is 38.1 Å². The summed E-state index contributed by atoms with van der Waals surface area (Å²) in [6.45, 7) is 2.00. The van der Waals surface area contributed by atoms with E-state index in [0.29, 0.717) is 6.04 Å². The van der Waals surface area contributed by atoms with Gasteiger partial charge in [-0.1, -0.05) is 19.3 Å². The van der Waals surface area contributed by atoms with Crippen molar-refractivity contribution >= 4 is 11.8 Å². The molecular formula is C18H27N3OS. The second kappa shape index (κ2) is 6.98. The number of nitrogens with zero attached hydrogens (tertiary/aromatic N) is 3. The minimum absolute atomic E-state index is 0.0988. The minimum atomic E-state index is 0.0988. The molecule has 3 heterocycles. The van der Waals surface area contributed by atoms with E-state index in [4.69, 9.17) is 5.10 Å². The van der Waals surface area contributed by atoms with Crippen molar-refractivity contribution in [2.24, 2.45) is 0 Å². The zero-order valence-corrected chi connectivity index (χ0v) is 14.7. The molecule has 1 saturated carbocycles. The molecular weight excluding hydrogens is 306 g/mol. The maximum absolute atomic E-state index is 12.4. The number of aromatic nitrogens is 2. The quantitative estimate of drug-likeness (QED) is 0.852. The van der Waals surface area contributed by atoms with Crippen LogP contribution >= 0.6 is 11.8 Å². The molecule has 3 aliphatic rings. The molecule has 1 aromatic heterocycles. The summed E-state index contributed by atoms with van der Waals surface area (Å²) in [5.74, 6) is 2.09. The highest BCUT2D eigenvalue weighted by molar-refractivity contribution is 7.98. The van der Waals surface area contributed by atoms with Crippen LogP contribution in [0.1, 0.15) is 56.2 Å². The summed E-state index contributed by atoms with van der Waals surface area (Å²) in [6.07, 6.45) is 10.4. The van der Waals surface area contributed by atoms with Crippen molar-refractivity contribution in [3.8, 4) is 0 Å². The summed E-state index contributed by atoms with van der Waals surface area (Å²) < 4.78 is 1.76. The van der Waals surface area contributed by atoms with Gasteiger partial charge < -0.3 is 0 Å². The van der Waals surface area contributed by atoms with E-state index in [0.717, 1.165) is 41.8 Å². The third-order valence-corrected chi connectivity index (χ3v) is 6.76. The molecule has 0 aromatic carbocycles. The lowest BCUT2D eigenvalue weighted by molar-refractivity contribution is 0.128. The fourth-order valence-corrected chi connectivity index (χ4v) is 5.48. The zero-order valence-electron chi connectivity index (χ0n) is 13.9. The number of hydrogen-bond acceptors (Lipinski definition) is 4. The highest BCUT2D eigenvalue weighted by Gasteiger charge is 2.32. The Morgan fingerprint density at radius 1 is 1.17 bits per heavy atom. The second-order valence-electron chi connectivity index (χ2n) is 7.26. The lowest BCUT2D eigenvalue weighted by Crippen LogP contribution is -2.44. The second-order valence-corrected chi connectivity index (χ2v) is 8.37. The van der Waals surface area contributed by atoms with Crippen molar-refractivity contribution in [2.75, 3.05) is 12.3 Å². The summed E-state index contributed by atoms with van der Waals surface area (Å²) in [4.78, 5) is 15.1. The molecule has 1 aliphatic carbocycles. The van der Waals surface area contributed by atoms with Crippen LogP contribution in [0.2, 0.25) is 0 Å². The Morgan fingerprint density at radius 2 is 2.04 bits per heavy atom. The fraction of sp³-hybridized carbons (Fsp3) is 0.778. The van der Waals surface area contributed by atoms with Gasteiger partial charge in [-0.15, -0.1) is 0 Å². The van der Waals surface area contributed by atoms with Gasteiger partial charge in [0, 0.05) is 30.3 Å². The number of thioether (sulfide) groups is 1. The van der Waals surface area contributed by atoms with E-state index < -0.39 is 0 Å². The number of likely N-dealkylation sites (tertiary alicyclic amines) is 1. The Kier molecular flexibility index (Phi) is 4.76. The molecule has 126 valence electrons. The van der Waals surface area contributed by atoms with Gasteiger partial charge in [0.2, 0.25) is 0 Å². The molecule has 5 heteroatoms. The lowest BCUT2D eigenvalue weighted by atomic mass is 9.94. The van der Waals surface area contributed by atoms with Crippen LogP contribution in [0.25, 0.3) is 0 Å². The maximum Gasteiger partial charge on any atom is 0.267 e. The molecule has 1 saturated heterocycles. The first-order valence-electron chi connectivity index (χ1n) is 9.24. The van der Waals surface area contributed by atoms with Crippen LogP contribution in [0.4, 0.5) is 0 Å². The monoisotopic (exact) mass is 333 g/mol. The van der Waals surface area contributed by atoms with E-state index in [1.54, 1.807) is 4.68 Å². The van der Waals surface area contributed by atoms with Crippen LogP contribution in [0.3, 0.4) is 0 Å². The van der Waals surface area contributed by atoms with Crippen LogP contribution in [0.15, 0.2) is 10.9 Å². The van der Waals surface area contributed by atoms with E-state index in [1.807, 2.05) is 17.8 Å². The first-order chi connectivity index (χ1) is 11.3. The van der Waals surface area contributed by atoms with E-state index in [-0.39, 0.29) is 5.56 Å². The molecule has 1 atom stereocenters. The molecule has 4 nitrogen and oxygen atoms in total. The van der Waals surface area contributed by atoms with Crippen LogP contribution in [0.5, 0.6) is 0 Å². The van der Waals surface area contributed by atoms with Crippen molar-refractivity contribution in [2.45, 2.75) is 75.7 Å². The Morgan fingerprint density at radius 3 is 2.91 bits per heavy atom. The van der Waals surface area contributed by atoms with Crippen molar-refractivity contribution < 1.29 is 0 Å². The first-order valence-corrected chi connectivity index (χ1v) is 10.4. The highest BCUT2D eigenvalue weighted by Crippen LogP contribution is 2.29. The van der Waals surface area contributed by atoms with Gasteiger partial charge in [-0.3, -0.25) is 9.69 Å². The van der Waals surface area contributed by atoms with Crippen LogP contribution in [-0.2, 0) is 18.7 Å². The Labute approximate surface area is 142 Å². The number of rotatable bonds is 3. The SMILES string of the molecule is O=c1cc2c(nn1CC1CCCN1C1CCCCC1)CCSC2. The van der Waals surface area contributed by atoms with Gasteiger partial charge in [-0.25, -0.2) is 4.68 Å². The van der Waals surface area contributed by atoms with Gasteiger partial charge in [-0.05, 0) is 43.5 Å². The largest absolute Gasteiger partial charge is 0.296 e. The molecule has 1 unspecified atom stereocenters. The molecule has 0 amide bonds. The molecule has 0 radical (unpaired) electrons. The van der Waals surface area contributed by atoms with Crippen LogP contribution < -0.4 is 5.56 Å². The standard InChI is InChI=1S/C18H27N3OS/c22-18-11-14-13-23-10-8-17(14)19-21(18)12-16-7-4-9-20(16)15-5-2-1-3-6-15/h11,15-16H,1-10,12-13H2. The van der Waals surface area contributed by atoms with E-state index in [1.165, 1.54) is 51.5 Å². The number of hydrogen-bond donors (Lipinski definition) is 0. The van der Waals surface area contributed by atoms with Gasteiger partial charge in [0.1, 0.15) is 0 Å². The third kappa shape index (κ3) is 3.36. The smallest absolute Gasteiger partial charge is 0.267 e. The van der Waals surface area contributed by atoms with Crippen LogP contribution in [0, 0.1) is 0 Å². The van der Waals surface area contributed by atoms with Gasteiger partial charge in [0.05, 0.1) is 12.2 Å².